The van der Waals surface area contributed by atoms with Crippen molar-refractivity contribution in [2.45, 2.75) is 67.5 Å². The second-order valence-electron chi connectivity index (χ2n) is 12.7. The van der Waals surface area contributed by atoms with Crippen LogP contribution in [0.5, 0.6) is 34.5 Å². The summed E-state index contributed by atoms with van der Waals surface area (Å²) in [5.41, 5.74) is 0.886. The Hall–Kier alpha value is -5.15. The fourth-order valence-corrected chi connectivity index (χ4v) is 5.96. The monoisotopic (exact) mass is 759 g/mol. The predicted octanol–water partition coefficient (Wildman–Crippen LogP) is -0.894. The Balaban J connectivity index is 1.26. The van der Waals surface area contributed by atoms with Gasteiger partial charge in [-0.15, -0.1) is 0 Å². The van der Waals surface area contributed by atoms with Crippen LogP contribution in [0, 0.1) is 0 Å². The van der Waals surface area contributed by atoms with Crippen LogP contribution in [0.25, 0.3) is 12.2 Å². The molecule has 290 valence electrons. The molecule has 54 heavy (non-hydrogen) atoms. The quantitative estimate of drug-likeness (QED) is 0.0517. The van der Waals surface area contributed by atoms with Gasteiger partial charge < -0.3 is 84.6 Å². The third-order valence-electron chi connectivity index (χ3n) is 8.95. The molecule has 0 saturated carbocycles. The molecule has 18 nitrogen and oxygen atoms in total. The average molecular weight is 760 g/mol. The molecular formula is C36H39O18+. The Morgan fingerprint density at radius 1 is 0.722 bits per heavy atom. The Morgan fingerprint density at radius 3 is 2.04 bits per heavy atom. The van der Waals surface area contributed by atoms with Crippen molar-refractivity contribution in [1.29, 1.82) is 0 Å². The molecule has 0 aromatic heterocycles. The number of hydrogen-bond donors (Lipinski definition) is 11. The minimum absolute atomic E-state index is 0.0357. The Morgan fingerprint density at radius 2 is 1.37 bits per heavy atom. The second-order valence-corrected chi connectivity index (χ2v) is 12.7. The standard InChI is InChI=1S/C36H38O18/c37-13-25-28(43)30(45)32(47)36(53-25)52-24-12-19-22(50-34(24)16-4-7-20(40)21(41)9-16)10-18(39)11-23(19)51-35-33(48)31(46)29(44)26(54-35)14-49-27(42)8-3-15-1-5-17(38)6-2-15/h1-12,25-26,28-41,43-48H,13-14H2/p+1. The first-order chi connectivity index (χ1) is 25.7. The lowest BCUT2D eigenvalue weighted by atomic mass is 9.98. The maximum absolute atomic E-state index is 12.4. The molecule has 11 atom stereocenters. The zero-order valence-corrected chi connectivity index (χ0v) is 28.0. The molecule has 3 aromatic rings. The van der Waals surface area contributed by atoms with Gasteiger partial charge in [0.05, 0.1) is 18.2 Å². The minimum atomic E-state index is -1.87. The summed E-state index contributed by atoms with van der Waals surface area (Å²) in [5, 5.41) is 113. The highest BCUT2D eigenvalue weighted by Gasteiger charge is 2.48. The van der Waals surface area contributed by atoms with E-state index in [4.69, 9.17) is 23.7 Å². The molecule has 3 aliphatic rings. The number of phenolic OH excluding ortho intramolecular Hbond substituents is 4. The van der Waals surface area contributed by atoms with E-state index < -0.39 is 98.2 Å². The number of aliphatic hydroxyl groups is 8. The number of rotatable bonds is 10. The van der Waals surface area contributed by atoms with Crippen molar-refractivity contribution >= 4 is 18.1 Å². The summed E-state index contributed by atoms with van der Waals surface area (Å²) >= 11 is 0. The fourth-order valence-electron chi connectivity index (χ4n) is 5.96. The van der Waals surface area contributed by atoms with Crippen LogP contribution in [0.3, 0.4) is 0 Å². The van der Waals surface area contributed by atoms with Gasteiger partial charge in [0.25, 0.3) is 11.9 Å². The van der Waals surface area contributed by atoms with Crippen LogP contribution in [0.1, 0.15) is 22.8 Å². The van der Waals surface area contributed by atoms with E-state index in [1.54, 1.807) is 12.1 Å². The lowest BCUT2D eigenvalue weighted by Gasteiger charge is -2.41. The number of benzene rings is 3. The van der Waals surface area contributed by atoms with E-state index in [0.717, 1.165) is 12.1 Å². The molecular weight excluding hydrogens is 720 g/mol. The summed E-state index contributed by atoms with van der Waals surface area (Å²) in [5.74, 6) is -2.43. The van der Waals surface area contributed by atoms with Crippen LogP contribution in [0.2, 0.25) is 0 Å². The second kappa shape index (κ2) is 16.1. The molecule has 18 heteroatoms. The van der Waals surface area contributed by atoms with Crippen LogP contribution in [-0.2, 0) is 23.7 Å². The van der Waals surface area contributed by atoms with Gasteiger partial charge in [-0.1, -0.05) is 12.1 Å². The maximum atomic E-state index is 12.4. The number of hydrogen-bond acceptors (Lipinski definition) is 17. The van der Waals surface area contributed by atoms with Crippen molar-refractivity contribution in [2.75, 3.05) is 13.2 Å². The Bertz CT molecular complexity index is 1860. The highest BCUT2D eigenvalue weighted by atomic mass is 16.7. The molecule has 0 radical (unpaired) electrons. The summed E-state index contributed by atoms with van der Waals surface area (Å²) < 4.78 is 32.9. The van der Waals surface area contributed by atoms with Crippen LogP contribution >= 0.6 is 0 Å². The van der Waals surface area contributed by atoms with E-state index in [0.29, 0.717) is 5.56 Å². The molecule has 12 N–H and O–H groups in total. The van der Waals surface area contributed by atoms with Crippen molar-refractivity contribution in [3.63, 3.8) is 0 Å². The summed E-state index contributed by atoms with van der Waals surface area (Å²) in [7, 11) is 0. The van der Waals surface area contributed by atoms with Crippen molar-refractivity contribution in [3.8, 4) is 34.5 Å². The van der Waals surface area contributed by atoms with Crippen molar-refractivity contribution in [3.05, 3.63) is 83.1 Å². The van der Waals surface area contributed by atoms with E-state index in [1.807, 2.05) is 0 Å². The molecule has 2 fully saturated rings. The highest BCUT2D eigenvalue weighted by Crippen LogP contribution is 2.47. The number of esters is 1. The topological polar surface area (TPSA) is 299 Å². The third-order valence-corrected chi connectivity index (χ3v) is 8.95. The number of fused-ring (bicyclic) bond motifs is 1. The minimum Gasteiger partial charge on any atom is -0.571 e. The lowest BCUT2D eigenvalue weighted by molar-refractivity contribution is -0.295. The largest absolute Gasteiger partial charge is 0.571 e. The van der Waals surface area contributed by atoms with Crippen molar-refractivity contribution in [2.24, 2.45) is 0 Å². The van der Waals surface area contributed by atoms with Gasteiger partial charge >= 0.3 is 5.97 Å². The molecule has 0 amide bonds. The number of aliphatic hydroxyl groups excluding tert-OH is 7. The zero-order valence-electron chi connectivity index (χ0n) is 28.0. The molecule has 0 spiro atoms. The summed E-state index contributed by atoms with van der Waals surface area (Å²) in [4.78, 5) is 12.4. The molecule has 3 aromatic carbocycles. The molecule has 6 rings (SSSR count). The lowest BCUT2D eigenvalue weighted by Crippen LogP contribution is -2.60. The van der Waals surface area contributed by atoms with Crippen LogP contribution in [-0.4, -0.2) is 142 Å². The van der Waals surface area contributed by atoms with Gasteiger partial charge in [-0.3, -0.25) is 0 Å². The predicted molar refractivity (Wildman–Crippen MR) is 181 cm³/mol. The molecule has 2 saturated heterocycles. The first-order valence-corrected chi connectivity index (χ1v) is 16.5. The number of carbonyl (C=O) groups excluding carboxylic acids is 1. The molecule has 3 heterocycles. The fraction of sp³-hybridized carbons (Fsp3) is 0.361. The van der Waals surface area contributed by atoms with Gasteiger partial charge in [-0.05, 0) is 42.0 Å². The summed E-state index contributed by atoms with van der Waals surface area (Å²) in [6, 6.07) is 12.1. The average Bonchev–Trinajstić information content (AvgIpc) is 3.15. The first kappa shape index (κ1) is 38.6. The van der Waals surface area contributed by atoms with Gasteiger partial charge in [-0.2, -0.15) is 0 Å². The summed E-state index contributed by atoms with van der Waals surface area (Å²) in [6.07, 6.45) is -14.3. The highest BCUT2D eigenvalue weighted by molar-refractivity contribution is 5.87. The van der Waals surface area contributed by atoms with Crippen molar-refractivity contribution < 1.29 is 89.4 Å². The van der Waals surface area contributed by atoms with E-state index in [-0.39, 0.29) is 39.9 Å². The summed E-state index contributed by atoms with van der Waals surface area (Å²) in [6.45, 7) is -1.33. The SMILES string of the molecule is O=C(C=Cc1ccc(O)cc1)OCC1OC(Oc2cc(O)cc3c2C=C(OC2OC(CO)C(O)C(O)C2O)C(c2ccc(O)c(O)c2)[OH+]3)C(O)C(O)C1O. The maximum Gasteiger partial charge on any atom is 0.330 e. The molecule has 11 unspecified atom stereocenters. The molecule has 3 aliphatic heterocycles. The normalized spacial score (nSPS) is 30.9. The van der Waals surface area contributed by atoms with Crippen molar-refractivity contribution in [1.82, 2.24) is 0 Å². The van der Waals surface area contributed by atoms with E-state index in [9.17, 15) is 61.0 Å². The number of carbonyl (C=O) groups is 1. The smallest absolute Gasteiger partial charge is 0.330 e. The first-order valence-electron chi connectivity index (χ1n) is 16.5. The van der Waals surface area contributed by atoms with E-state index in [2.05, 4.69) is 4.74 Å². The number of phenols is 4. The van der Waals surface area contributed by atoms with Crippen LogP contribution < -0.4 is 4.74 Å². The zero-order chi connectivity index (χ0) is 38.8. The molecule has 0 bridgehead atoms. The van der Waals surface area contributed by atoms with Gasteiger partial charge in [0, 0.05) is 18.2 Å². The number of ether oxygens (including phenoxy) is 6. The van der Waals surface area contributed by atoms with E-state index in [1.165, 1.54) is 48.6 Å². The van der Waals surface area contributed by atoms with Crippen LogP contribution in [0.15, 0.2) is 66.4 Å². The van der Waals surface area contributed by atoms with Gasteiger partial charge in [-0.25, -0.2) is 4.79 Å². The Kier molecular flexibility index (Phi) is 11.5. The third kappa shape index (κ3) is 8.16. The van der Waals surface area contributed by atoms with E-state index >= 15 is 0 Å². The number of aromatic hydroxyl groups is 5. The van der Waals surface area contributed by atoms with Gasteiger partial charge in [0.15, 0.2) is 17.3 Å². The Labute approximate surface area is 305 Å². The van der Waals surface area contributed by atoms with Crippen LogP contribution in [0.4, 0.5) is 0 Å². The van der Waals surface area contributed by atoms with Gasteiger partial charge in [0.1, 0.15) is 78.3 Å². The molecule has 0 aliphatic carbocycles. The van der Waals surface area contributed by atoms with Gasteiger partial charge in [0.2, 0.25) is 12.6 Å².